The smallest absolute Gasteiger partial charge is 0.231 e. The molecule has 0 fully saturated rings. The Morgan fingerprint density at radius 2 is 1.96 bits per heavy atom. The number of anilines is 1. The summed E-state index contributed by atoms with van der Waals surface area (Å²) in [5.41, 5.74) is 1.25. The zero-order valence-corrected chi connectivity index (χ0v) is 12.5. The molecule has 0 saturated carbocycles. The number of ether oxygens (including phenoxy) is 2. The summed E-state index contributed by atoms with van der Waals surface area (Å²) in [6, 6.07) is 11.8. The van der Waals surface area contributed by atoms with Crippen LogP contribution in [0.2, 0.25) is 0 Å². The number of rotatable bonds is 6. The van der Waals surface area contributed by atoms with Gasteiger partial charge in [-0.15, -0.1) is 0 Å². The van der Waals surface area contributed by atoms with Gasteiger partial charge in [0, 0.05) is 36.8 Å². The Morgan fingerprint density at radius 3 is 2.83 bits per heavy atom. The number of carbonyl (C=O) groups is 1. The number of hydrogen-bond acceptors (Lipinski definition) is 4. The highest BCUT2D eigenvalue weighted by molar-refractivity contribution is 5.91. The van der Waals surface area contributed by atoms with Crippen LogP contribution in [0.25, 0.3) is 0 Å². The van der Waals surface area contributed by atoms with E-state index in [2.05, 4.69) is 10.6 Å². The van der Waals surface area contributed by atoms with Crippen LogP contribution in [0.4, 0.5) is 10.1 Å². The molecule has 2 aromatic carbocycles. The topological polar surface area (TPSA) is 59.6 Å². The lowest BCUT2D eigenvalue weighted by Gasteiger charge is -2.08. The van der Waals surface area contributed by atoms with Gasteiger partial charge in [-0.3, -0.25) is 4.79 Å². The molecular weight excluding hydrogens is 299 g/mol. The van der Waals surface area contributed by atoms with E-state index in [-0.39, 0.29) is 18.5 Å². The Bertz CT molecular complexity index is 706. The minimum atomic E-state index is -0.246. The van der Waals surface area contributed by atoms with Gasteiger partial charge in [0.05, 0.1) is 0 Å². The number of benzene rings is 2. The van der Waals surface area contributed by atoms with E-state index in [9.17, 15) is 9.18 Å². The summed E-state index contributed by atoms with van der Waals surface area (Å²) < 4.78 is 23.9. The molecule has 6 heteroatoms. The number of halogens is 1. The van der Waals surface area contributed by atoms with Crippen LogP contribution in [0.1, 0.15) is 12.0 Å². The van der Waals surface area contributed by atoms with E-state index in [0.717, 1.165) is 0 Å². The van der Waals surface area contributed by atoms with E-state index in [1.165, 1.54) is 6.07 Å². The standard InChI is InChI=1S/C17H17FN2O3/c18-14-4-2-1-3-12(14)10-19-8-7-17(21)20-13-5-6-15-16(9-13)23-11-22-15/h1-6,9,19H,7-8,10-11H2,(H,20,21). The molecular formula is C17H17FN2O3. The van der Waals surface area contributed by atoms with E-state index < -0.39 is 0 Å². The maximum atomic E-state index is 13.4. The van der Waals surface area contributed by atoms with Crippen molar-refractivity contribution in [2.45, 2.75) is 13.0 Å². The van der Waals surface area contributed by atoms with Gasteiger partial charge < -0.3 is 20.1 Å². The molecule has 1 aliphatic heterocycles. The summed E-state index contributed by atoms with van der Waals surface area (Å²) >= 11 is 0. The highest BCUT2D eigenvalue weighted by Crippen LogP contribution is 2.34. The molecule has 1 heterocycles. The van der Waals surface area contributed by atoms with Crippen molar-refractivity contribution in [1.82, 2.24) is 5.32 Å². The largest absolute Gasteiger partial charge is 0.454 e. The SMILES string of the molecule is O=C(CCNCc1ccccc1F)Nc1ccc2c(c1)OCO2. The van der Waals surface area contributed by atoms with Crippen molar-refractivity contribution < 1.29 is 18.7 Å². The summed E-state index contributed by atoms with van der Waals surface area (Å²) in [4.78, 5) is 11.9. The second kappa shape index (κ2) is 7.11. The van der Waals surface area contributed by atoms with Gasteiger partial charge in [-0.25, -0.2) is 4.39 Å². The van der Waals surface area contributed by atoms with E-state index in [1.54, 1.807) is 36.4 Å². The van der Waals surface area contributed by atoms with E-state index >= 15 is 0 Å². The molecule has 0 spiro atoms. The maximum absolute atomic E-state index is 13.4. The Morgan fingerprint density at radius 1 is 1.13 bits per heavy atom. The first-order chi connectivity index (χ1) is 11.2. The monoisotopic (exact) mass is 316 g/mol. The highest BCUT2D eigenvalue weighted by atomic mass is 19.1. The van der Waals surface area contributed by atoms with E-state index in [0.29, 0.717) is 42.3 Å². The van der Waals surface area contributed by atoms with Crippen LogP contribution in [0.15, 0.2) is 42.5 Å². The van der Waals surface area contributed by atoms with Crippen LogP contribution in [0.5, 0.6) is 11.5 Å². The molecule has 120 valence electrons. The van der Waals surface area contributed by atoms with Crippen LogP contribution in [0.3, 0.4) is 0 Å². The van der Waals surface area contributed by atoms with Gasteiger partial charge in [0.15, 0.2) is 11.5 Å². The van der Waals surface area contributed by atoms with Crippen molar-refractivity contribution in [3.63, 3.8) is 0 Å². The zero-order chi connectivity index (χ0) is 16.1. The lowest BCUT2D eigenvalue weighted by atomic mass is 10.2. The van der Waals surface area contributed by atoms with Gasteiger partial charge in [-0.1, -0.05) is 18.2 Å². The minimum absolute atomic E-state index is 0.120. The summed E-state index contributed by atoms with van der Waals surface area (Å²) in [6.45, 7) is 1.06. The van der Waals surface area contributed by atoms with Gasteiger partial charge in [-0.2, -0.15) is 0 Å². The zero-order valence-electron chi connectivity index (χ0n) is 12.5. The Hall–Kier alpha value is -2.60. The molecule has 0 aromatic heterocycles. The molecule has 2 aromatic rings. The quantitative estimate of drug-likeness (QED) is 0.805. The average molecular weight is 316 g/mol. The summed E-state index contributed by atoms with van der Waals surface area (Å²) in [7, 11) is 0. The summed E-state index contributed by atoms with van der Waals surface area (Å²) in [6.07, 6.45) is 0.295. The van der Waals surface area contributed by atoms with Crippen LogP contribution in [-0.2, 0) is 11.3 Å². The fourth-order valence-corrected chi connectivity index (χ4v) is 2.26. The molecule has 1 aliphatic rings. The number of carbonyl (C=O) groups excluding carboxylic acids is 1. The average Bonchev–Trinajstić information content (AvgIpc) is 3.01. The normalized spacial score (nSPS) is 12.2. The first kappa shape index (κ1) is 15.3. The lowest BCUT2D eigenvalue weighted by Crippen LogP contribution is -2.21. The van der Waals surface area contributed by atoms with E-state index in [4.69, 9.17) is 9.47 Å². The van der Waals surface area contributed by atoms with Gasteiger partial charge in [-0.05, 0) is 18.2 Å². The van der Waals surface area contributed by atoms with Gasteiger partial charge in [0.25, 0.3) is 0 Å². The molecule has 2 N–H and O–H groups in total. The van der Waals surface area contributed by atoms with Crippen LogP contribution in [-0.4, -0.2) is 19.2 Å². The fraction of sp³-hybridized carbons (Fsp3) is 0.235. The predicted octanol–water partition coefficient (Wildman–Crippen LogP) is 2.67. The van der Waals surface area contributed by atoms with Crippen LogP contribution >= 0.6 is 0 Å². The second-order valence-corrected chi connectivity index (χ2v) is 5.13. The lowest BCUT2D eigenvalue weighted by molar-refractivity contribution is -0.116. The molecule has 23 heavy (non-hydrogen) atoms. The number of nitrogens with one attached hydrogen (secondary N) is 2. The Kier molecular flexibility index (Phi) is 4.73. The first-order valence-electron chi connectivity index (χ1n) is 7.36. The Balaban J connectivity index is 1.42. The van der Waals surface area contributed by atoms with Gasteiger partial charge >= 0.3 is 0 Å². The number of amides is 1. The number of hydrogen-bond donors (Lipinski definition) is 2. The third-order valence-electron chi connectivity index (χ3n) is 3.46. The molecule has 0 radical (unpaired) electrons. The maximum Gasteiger partial charge on any atom is 0.231 e. The Labute approximate surface area is 133 Å². The second-order valence-electron chi connectivity index (χ2n) is 5.13. The molecule has 0 unspecified atom stereocenters. The minimum Gasteiger partial charge on any atom is -0.454 e. The number of fused-ring (bicyclic) bond motifs is 1. The van der Waals surface area contributed by atoms with E-state index in [1.807, 2.05) is 0 Å². The molecule has 0 aliphatic carbocycles. The van der Waals surface area contributed by atoms with Crippen molar-refractivity contribution in [2.24, 2.45) is 0 Å². The van der Waals surface area contributed by atoms with Crippen LogP contribution < -0.4 is 20.1 Å². The van der Waals surface area contributed by atoms with Crippen LogP contribution in [0, 0.1) is 5.82 Å². The molecule has 3 rings (SSSR count). The fourth-order valence-electron chi connectivity index (χ4n) is 2.26. The molecule has 5 nitrogen and oxygen atoms in total. The molecule has 0 bridgehead atoms. The molecule has 0 saturated heterocycles. The molecule has 0 atom stereocenters. The highest BCUT2D eigenvalue weighted by Gasteiger charge is 2.14. The van der Waals surface area contributed by atoms with Crippen molar-refractivity contribution >= 4 is 11.6 Å². The van der Waals surface area contributed by atoms with Crippen molar-refractivity contribution in [3.8, 4) is 11.5 Å². The van der Waals surface area contributed by atoms with Gasteiger partial charge in [0.1, 0.15) is 5.82 Å². The third kappa shape index (κ3) is 3.98. The van der Waals surface area contributed by atoms with Crippen molar-refractivity contribution in [1.29, 1.82) is 0 Å². The first-order valence-corrected chi connectivity index (χ1v) is 7.36. The van der Waals surface area contributed by atoms with Crippen molar-refractivity contribution in [3.05, 3.63) is 53.8 Å². The predicted molar refractivity (Wildman–Crippen MR) is 83.9 cm³/mol. The molecule has 1 amide bonds. The third-order valence-corrected chi connectivity index (χ3v) is 3.46. The van der Waals surface area contributed by atoms with Gasteiger partial charge in [0.2, 0.25) is 12.7 Å². The van der Waals surface area contributed by atoms with Crippen molar-refractivity contribution in [2.75, 3.05) is 18.7 Å². The summed E-state index contributed by atoms with van der Waals surface area (Å²) in [5, 5.41) is 5.85. The summed E-state index contributed by atoms with van der Waals surface area (Å²) in [5.74, 6) is 0.935.